The number of hydrogen-bond acceptors (Lipinski definition) is 5. The van der Waals surface area contributed by atoms with Gasteiger partial charge in [-0.25, -0.2) is 4.98 Å². The summed E-state index contributed by atoms with van der Waals surface area (Å²) in [6.45, 7) is 1.94. The summed E-state index contributed by atoms with van der Waals surface area (Å²) in [5.41, 5.74) is 9.85. The molecule has 2 aromatic carbocycles. The monoisotopic (exact) mass is 332 g/mol. The second-order valence-electron chi connectivity index (χ2n) is 6.15. The highest BCUT2D eigenvalue weighted by molar-refractivity contribution is 5.42. The van der Waals surface area contributed by atoms with Crippen molar-refractivity contribution in [2.45, 2.75) is 19.2 Å². The average molecular weight is 332 g/mol. The van der Waals surface area contributed by atoms with E-state index >= 15 is 0 Å². The van der Waals surface area contributed by atoms with Crippen LogP contribution in [0.25, 0.3) is 0 Å². The van der Waals surface area contributed by atoms with Crippen LogP contribution in [0.3, 0.4) is 0 Å². The van der Waals surface area contributed by atoms with E-state index in [2.05, 4.69) is 27.0 Å². The summed E-state index contributed by atoms with van der Waals surface area (Å²) >= 11 is 0. The zero-order valence-electron chi connectivity index (χ0n) is 13.9. The molecule has 0 spiro atoms. The quantitative estimate of drug-likeness (QED) is 0.795. The molecule has 1 unspecified atom stereocenters. The first-order valence-corrected chi connectivity index (χ1v) is 8.38. The molecule has 0 saturated heterocycles. The summed E-state index contributed by atoms with van der Waals surface area (Å²) in [5.74, 6) is 1.22. The van der Waals surface area contributed by atoms with Gasteiger partial charge in [0, 0.05) is 31.4 Å². The molecule has 0 bridgehead atoms. The molecule has 25 heavy (non-hydrogen) atoms. The number of benzene rings is 2. The Hall–Kier alpha value is -2.92. The van der Waals surface area contributed by atoms with E-state index in [1.54, 1.807) is 12.3 Å². The lowest BCUT2D eigenvalue weighted by Crippen LogP contribution is -2.38. The molecule has 3 aromatic rings. The van der Waals surface area contributed by atoms with Gasteiger partial charge < -0.3 is 15.4 Å². The highest BCUT2D eigenvalue weighted by atomic mass is 16.5. The third-order valence-electron chi connectivity index (χ3n) is 4.36. The van der Waals surface area contributed by atoms with E-state index in [-0.39, 0.29) is 6.04 Å². The Kier molecular flexibility index (Phi) is 4.31. The van der Waals surface area contributed by atoms with E-state index in [0.29, 0.717) is 25.0 Å². The second-order valence-corrected chi connectivity index (χ2v) is 6.15. The Balaban J connectivity index is 1.50. The summed E-state index contributed by atoms with van der Waals surface area (Å²) < 4.78 is 5.81. The summed E-state index contributed by atoms with van der Waals surface area (Å²) in [5, 5.41) is 0. The van der Waals surface area contributed by atoms with Crippen LogP contribution in [-0.2, 0) is 13.2 Å². The van der Waals surface area contributed by atoms with E-state index in [4.69, 9.17) is 10.5 Å². The largest absolute Gasteiger partial charge is 0.473 e. The van der Waals surface area contributed by atoms with Crippen LogP contribution in [0.5, 0.6) is 5.88 Å². The summed E-state index contributed by atoms with van der Waals surface area (Å²) in [6.07, 6.45) is 1.73. The van der Waals surface area contributed by atoms with Gasteiger partial charge in [-0.3, -0.25) is 0 Å². The van der Waals surface area contributed by atoms with E-state index in [9.17, 15) is 0 Å². The molecule has 5 nitrogen and oxygen atoms in total. The van der Waals surface area contributed by atoms with Gasteiger partial charge in [-0.15, -0.1) is 0 Å². The van der Waals surface area contributed by atoms with Crippen molar-refractivity contribution in [1.82, 2.24) is 9.97 Å². The molecule has 1 aliphatic heterocycles. The van der Waals surface area contributed by atoms with Crippen LogP contribution in [0.2, 0.25) is 0 Å². The Morgan fingerprint density at radius 1 is 1.04 bits per heavy atom. The normalized spacial score (nSPS) is 16.4. The fraction of sp³-hybridized carbons (Fsp3) is 0.200. The minimum atomic E-state index is -0.0394. The van der Waals surface area contributed by atoms with Crippen molar-refractivity contribution in [2.75, 3.05) is 11.4 Å². The Morgan fingerprint density at radius 3 is 2.72 bits per heavy atom. The van der Waals surface area contributed by atoms with E-state index in [1.165, 1.54) is 11.1 Å². The van der Waals surface area contributed by atoms with E-state index in [0.717, 1.165) is 12.1 Å². The number of ether oxygens (including phenoxy) is 1. The molecule has 1 aliphatic rings. The topological polar surface area (TPSA) is 64.3 Å². The summed E-state index contributed by atoms with van der Waals surface area (Å²) in [4.78, 5) is 11.1. The summed E-state index contributed by atoms with van der Waals surface area (Å²) in [6, 6.07) is 20.1. The van der Waals surface area contributed by atoms with Crippen molar-refractivity contribution < 1.29 is 4.74 Å². The zero-order chi connectivity index (χ0) is 17.1. The number of fused-ring (bicyclic) bond motifs is 1. The number of nitrogens with zero attached hydrogens (tertiary/aromatic N) is 3. The van der Waals surface area contributed by atoms with E-state index in [1.807, 2.05) is 42.5 Å². The number of anilines is 1. The molecule has 0 radical (unpaired) electrons. The number of rotatable bonds is 4. The van der Waals surface area contributed by atoms with Crippen LogP contribution in [0.15, 0.2) is 66.9 Å². The van der Waals surface area contributed by atoms with Crippen molar-refractivity contribution in [3.8, 4) is 5.88 Å². The predicted molar refractivity (Wildman–Crippen MR) is 97.2 cm³/mol. The molecule has 126 valence electrons. The van der Waals surface area contributed by atoms with Gasteiger partial charge in [-0.05, 0) is 16.7 Å². The van der Waals surface area contributed by atoms with E-state index < -0.39 is 0 Å². The average Bonchev–Trinajstić information content (AvgIpc) is 2.67. The molecule has 2 N–H and O–H groups in total. The van der Waals surface area contributed by atoms with Crippen molar-refractivity contribution >= 4 is 5.95 Å². The third-order valence-corrected chi connectivity index (χ3v) is 4.36. The maximum absolute atomic E-state index is 6.32. The van der Waals surface area contributed by atoms with Crippen LogP contribution >= 0.6 is 0 Å². The Labute approximate surface area is 147 Å². The van der Waals surface area contributed by atoms with Gasteiger partial charge in [0.05, 0.1) is 0 Å². The second kappa shape index (κ2) is 6.91. The van der Waals surface area contributed by atoms with Crippen LogP contribution < -0.4 is 15.4 Å². The van der Waals surface area contributed by atoms with Gasteiger partial charge in [0.15, 0.2) is 0 Å². The zero-order valence-corrected chi connectivity index (χ0v) is 13.9. The van der Waals surface area contributed by atoms with Gasteiger partial charge >= 0.3 is 0 Å². The van der Waals surface area contributed by atoms with Crippen LogP contribution in [0, 0.1) is 0 Å². The van der Waals surface area contributed by atoms with Gasteiger partial charge in [-0.1, -0.05) is 54.6 Å². The van der Waals surface area contributed by atoms with Crippen LogP contribution in [-0.4, -0.2) is 16.5 Å². The fourth-order valence-electron chi connectivity index (χ4n) is 3.09. The SMILES string of the molecule is NC1CN(c2nccc(OCc3ccccc3)n2)Cc2ccccc21. The molecule has 2 heterocycles. The maximum atomic E-state index is 6.32. The number of hydrogen-bond donors (Lipinski definition) is 1. The highest BCUT2D eigenvalue weighted by Gasteiger charge is 2.24. The van der Waals surface area contributed by atoms with Gasteiger partial charge in [0.25, 0.3) is 0 Å². The Morgan fingerprint density at radius 2 is 1.84 bits per heavy atom. The van der Waals surface area contributed by atoms with Crippen molar-refractivity contribution in [2.24, 2.45) is 5.73 Å². The highest BCUT2D eigenvalue weighted by Crippen LogP contribution is 2.27. The first-order valence-electron chi connectivity index (χ1n) is 8.38. The molecule has 0 aliphatic carbocycles. The molecule has 4 rings (SSSR count). The summed E-state index contributed by atoms with van der Waals surface area (Å²) in [7, 11) is 0. The number of aromatic nitrogens is 2. The Bertz CT molecular complexity index is 853. The van der Waals surface area contributed by atoms with Crippen molar-refractivity contribution in [3.05, 3.63) is 83.6 Å². The lowest BCUT2D eigenvalue weighted by Gasteiger charge is -2.32. The van der Waals surface area contributed by atoms with Crippen LogP contribution in [0.4, 0.5) is 5.95 Å². The van der Waals surface area contributed by atoms with Gasteiger partial charge in [0.1, 0.15) is 6.61 Å². The van der Waals surface area contributed by atoms with Gasteiger partial charge in [0.2, 0.25) is 11.8 Å². The molecule has 1 aromatic heterocycles. The molecular formula is C20H20N4O. The minimum Gasteiger partial charge on any atom is -0.473 e. The van der Waals surface area contributed by atoms with Crippen molar-refractivity contribution in [3.63, 3.8) is 0 Å². The third kappa shape index (κ3) is 3.46. The maximum Gasteiger partial charge on any atom is 0.228 e. The smallest absolute Gasteiger partial charge is 0.228 e. The number of nitrogens with two attached hydrogens (primary N) is 1. The molecule has 0 saturated carbocycles. The predicted octanol–water partition coefficient (Wildman–Crippen LogP) is 3.08. The standard InChI is InChI=1S/C20H20N4O/c21-18-13-24(12-16-8-4-5-9-17(16)18)20-22-11-10-19(23-20)25-14-15-6-2-1-3-7-15/h1-11,18H,12-14,21H2. The molecular weight excluding hydrogens is 312 g/mol. The molecule has 0 amide bonds. The van der Waals surface area contributed by atoms with Crippen LogP contribution in [0.1, 0.15) is 22.7 Å². The first kappa shape index (κ1) is 15.6. The lowest BCUT2D eigenvalue weighted by molar-refractivity contribution is 0.293. The first-order chi connectivity index (χ1) is 12.3. The molecule has 0 fully saturated rings. The molecule has 5 heteroatoms. The fourth-order valence-corrected chi connectivity index (χ4v) is 3.09. The molecule has 1 atom stereocenters. The van der Waals surface area contributed by atoms with Gasteiger partial charge in [-0.2, -0.15) is 4.98 Å². The lowest BCUT2D eigenvalue weighted by atomic mass is 9.96. The van der Waals surface area contributed by atoms with Crippen molar-refractivity contribution in [1.29, 1.82) is 0 Å². The minimum absolute atomic E-state index is 0.0394.